The Hall–Kier alpha value is -2.41. The molecule has 3 aromatic rings. The van der Waals surface area contributed by atoms with Crippen LogP contribution in [0.25, 0.3) is 5.78 Å². The van der Waals surface area contributed by atoms with E-state index in [0.717, 1.165) is 28.9 Å². The van der Waals surface area contributed by atoms with Gasteiger partial charge in [-0.25, -0.2) is 9.50 Å². The molecular weight excluding hydrogens is 382 g/mol. The van der Waals surface area contributed by atoms with Gasteiger partial charge in [0.15, 0.2) is 0 Å². The van der Waals surface area contributed by atoms with Gasteiger partial charge in [0.2, 0.25) is 11.1 Å². The molecule has 1 aromatic carbocycles. The van der Waals surface area contributed by atoms with Gasteiger partial charge in [-0.2, -0.15) is 4.98 Å². The van der Waals surface area contributed by atoms with E-state index in [1.54, 1.807) is 4.52 Å². The molecular formula is C22H29N5OS. The molecule has 3 rings (SSSR count). The molecule has 0 saturated heterocycles. The molecule has 29 heavy (non-hydrogen) atoms. The smallest absolute Gasteiger partial charge is 0.253 e. The number of benzene rings is 1. The summed E-state index contributed by atoms with van der Waals surface area (Å²) >= 11 is 1.48. The predicted octanol–water partition coefficient (Wildman–Crippen LogP) is 4.08. The highest BCUT2D eigenvalue weighted by Crippen LogP contribution is 2.19. The highest BCUT2D eigenvalue weighted by Gasteiger charge is 2.17. The van der Waals surface area contributed by atoms with Crippen LogP contribution in [-0.2, 0) is 17.6 Å². The van der Waals surface area contributed by atoms with Gasteiger partial charge in [0.25, 0.3) is 5.78 Å². The first-order valence-electron chi connectivity index (χ1n) is 9.93. The van der Waals surface area contributed by atoms with E-state index in [4.69, 9.17) is 0 Å². The highest BCUT2D eigenvalue weighted by molar-refractivity contribution is 7.98. The first-order valence-corrected chi connectivity index (χ1v) is 11.2. The van der Waals surface area contributed by atoms with Crippen LogP contribution in [0.4, 0.5) is 0 Å². The van der Waals surface area contributed by atoms with Crippen LogP contribution < -0.4 is 5.32 Å². The third kappa shape index (κ3) is 4.96. The maximum atomic E-state index is 12.7. The average molecular weight is 412 g/mol. The van der Waals surface area contributed by atoms with E-state index in [1.165, 1.54) is 17.3 Å². The average Bonchev–Trinajstić information content (AvgIpc) is 3.08. The van der Waals surface area contributed by atoms with Crippen molar-refractivity contribution in [3.05, 3.63) is 52.3 Å². The standard InChI is InChI=1S/C22H29N5OS/c1-13(2)11-17-7-9-18(10-8-17)14(3)23-20(28)12-19-15(4)24-21-25-22(29-6)26-27(21)16(19)5/h7-10,13-14H,11-12H2,1-6H3,(H,23,28). The normalized spacial score (nSPS) is 12.5. The van der Waals surface area contributed by atoms with Gasteiger partial charge < -0.3 is 5.32 Å². The zero-order valence-corrected chi connectivity index (χ0v) is 18.8. The van der Waals surface area contributed by atoms with E-state index in [2.05, 4.69) is 58.5 Å². The summed E-state index contributed by atoms with van der Waals surface area (Å²) in [6, 6.07) is 8.46. The number of nitrogens with one attached hydrogen (secondary N) is 1. The van der Waals surface area contributed by atoms with Gasteiger partial charge in [-0.05, 0) is 50.5 Å². The third-order valence-electron chi connectivity index (χ3n) is 5.05. The summed E-state index contributed by atoms with van der Waals surface area (Å²) in [6.07, 6.45) is 3.27. The molecule has 7 heteroatoms. The van der Waals surface area contributed by atoms with Crippen molar-refractivity contribution in [2.24, 2.45) is 5.92 Å². The Morgan fingerprint density at radius 3 is 2.45 bits per heavy atom. The number of aromatic nitrogens is 4. The lowest BCUT2D eigenvalue weighted by atomic mass is 9.99. The third-order valence-corrected chi connectivity index (χ3v) is 5.59. The SMILES string of the molecule is CSc1nc2nc(C)c(CC(=O)NC(C)c3ccc(CC(C)C)cc3)c(C)n2n1. The molecule has 2 heterocycles. The van der Waals surface area contributed by atoms with Crippen molar-refractivity contribution in [2.45, 2.75) is 58.7 Å². The van der Waals surface area contributed by atoms with Gasteiger partial charge in [-0.15, -0.1) is 5.10 Å². The maximum Gasteiger partial charge on any atom is 0.253 e. The highest BCUT2D eigenvalue weighted by atomic mass is 32.2. The topological polar surface area (TPSA) is 72.2 Å². The van der Waals surface area contributed by atoms with E-state index in [0.29, 0.717) is 16.9 Å². The van der Waals surface area contributed by atoms with Crippen LogP contribution in [0.1, 0.15) is 54.9 Å². The minimum absolute atomic E-state index is 0.0266. The van der Waals surface area contributed by atoms with Crippen LogP contribution >= 0.6 is 11.8 Å². The number of amides is 1. The zero-order valence-electron chi connectivity index (χ0n) is 18.0. The molecule has 1 unspecified atom stereocenters. The molecule has 0 aliphatic carbocycles. The molecule has 0 spiro atoms. The van der Waals surface area contributed by atoms with Crippen molar-refractivity contribution in [2.75, 3.05) is 6.26 Å². The second-order valence-corrected chi connectivity index (χ2v) is 8.65. The van der Waals surface area contributed by atoms with Crippen LogP contribution in [0.15, 0.2) is 29.4 Å². The van der Waals surface area contributed by atoms with Gasteiger partial charge in [-0.1, -0.05) is 49.9 Å². The monoisotopic (exact) mass is 411 g/mol. The Kier molecular flexibility index (Phi) is 6.57. The van der Waals surface area contributed by atoms with Crippen LogP contribution in [0.2, 0.25) is 0 Å². The molecule has 0 bridgehead atoms. The predicted molar refractivity (Wildman–Crippen MR) is 117 cm³/mol. The van der Waals surface area contributed by atoms with Gasteiger partial charge >= 0.3 is 0 Å². The summed E-state index contributed by atoms with van der Waals surface area (Å²) in [5.41, 5.74) is 5.04. The van der Waals surface area contributed by atoms with Crippen LogP contribution in [0, 0.1) is 19.8 Å². The van der Waals surface area contributed by atoms with Crippen LogP contribution in [0.5, 0.6) is 0 Å². The Morgan fingerprint density at radius 2 is 1.83 bits per heavy atom. The van der Waals surface area contributed by atoms with Gasteiger partial charge in [-0.3, -0.25) is 4.79 Å². The van der Waals surface area contributed by atoms with E-state index in [-0.39, 0.29) is 18.4 Å². The largest absolute Gasteiger partial charge is 0.349 e. The summed E-state index contributed by atoms with van der Waals surface area (Å²) in [6.45, 7) is 10.3. The van der Waals surface area contributed by atoms with Crippen molar-refractivity contribution in [3.8, 4) is 0 Å². The van der Waals surface area contributed by atoms with Crippen molar-refractivity contribution in [1.82, 2.24) is 24.9 Å². The minimum atomic E-state index is -0.0534. The molecule has 0 saturated carbocycles. The Balaban J connectivity index is 1.71. The Morgan fingerprint density at radius 1 is 1.14 bits per heavy atom. The second kappa shape index (κ2) is 8.95. The summed E-state index contributed by atoms with van der Waals surface area (Å²) < 4.78 is 1.72. The first-order chi connectivity index (χ1) is 13.8. The lowest BCUT2D eigenvalue weighted by molar-refractivity contribution is -0.121. The van der Waals surface area contributed by atoms with E-state index < -0.39 is 0 Å². The number of carbonyl (C=O) groups is 1. The summed E-state index contributed by atoms with van der Waals surface area (Å²) in [4.78, 5) is 21.6. The Bertz CT molecular complexity index is 1010. The maximum absolute atomic E-state index is 12.7. The molecule has 154 valence electrons. The second-order valence-electron chi connectivity index (χ2n) is 7.88. The fourth-order valence-electron chi connectivity index (χ4n) is 3.48. The number of aryl methyl sites for hydroxylation is 2. The summed E-state index contributed by atoms with van der Waals surface area (Å²) in [5, 5.41) is 8.24. The van der Waals surface area contributed by atoms with Gasteiger partial charge in [0, 0.05) is 17.0 Å². The number of nitrogens with zero attached hydrogens (tertiary/aromatic N) is 4. The van der Waals surface area contributed by atoms with E-state index >= 15 is 0 Å². The quantitative estimate of drug-likeness (QED) is 0.593. The molecule has 1 N–H and O–H groups in total. The number of hydrogen-bond acceptors (Lipinski definition) is 5. The molecule has 1 amide bonds. The molecule has 0 aliphatic heterocycles. The summed E-state index contributed by atoms with van der Waals surface area (Å²) in [5.74, 6) is 1.18. The number of fused-ring (bicyclic) bond motifs is 1. The molecule has 0 fully saturated rings. The number of rotatable bonds is 7. The van der Waals surface area contributed by atoms with E-state index in [9.17, 15) is 4.79 Å². The van der Waals surface area contributed by atoms with Gasteiger partial charge in [0.1, 0.15) is 0 Å². The minimum Gasteiger partial charge on any atom is -0.349 e. The molecule has 0 aliphatic rings. The fourth-order valence-corrected chi connectivity index (χ4v) is 3.82. The molecule has 2 aromatic heterocycles. The van der Waals surface area contributed by atoms with Crippen LogP contribution in [0.3, 0.4) is 0 Å². The molecule has 6 nitrogen and oxygen atoms in total. The molecule has 0 radical (unpaired) electrons. The fraction of sp³-hybridized carbons (Fsp3) is 0.455. The van der Waals surface area contributed by atoms with Crippen molar-refractivity contribution >= 4 is 23.4 Å². The number of thioether (sulfide) groups is 1. The van der Waals surface area contributed by atoms with Crippen molar-refractivity contribution in [3.63, 3.8) is 0 Å². The lowest BCUT2D eigenvalue weighted by Crippen LogP contribution is -2.29. The lowest BCUT2D eigenvalue weighted by Gasteiger charge is -2.16. The van der Waals surface area contributed by atoms with E-state index in [1.807, 2.05) is 27.0 Å². The van der Waals surface area contributed by atoms with Crippen LogP contribution in [-0.4, -0.2) is 31.7 Å². The summed E-state index contributed by atoms with van der Waals surface area (Å²) in [7, 11) is 0. The first kappa shape index (κ1) is 21.3. The number of hydrogen-bond donors (Lipinski definition) is 1. The molecule has 1 atom stereocenters. The Labute approximate surface area is 176 Å². The van der Waals surface area contributed by atoms with Crippen molar-refractivity contribution < 1.29 is 4.79 Å². The zero-order chi connectivity index (χ0) is 21.1. The number of carbonyl (C=O) groups excluding carboxylic acids is 1. The van der Waals surface area contributed by atoms with Gasteiger partial charge in [0.05, 0.1) is 12.5 Å². The van der Waals surface area contributed by atoms with Crippen molar-refractivity contribution in [1.29, 1.82) is 0 Å².